The van der Waals surface area contributed by atoms with Crippen LogP contribution >= 0.6 is 0 Å². The van der Waals surface area contributed by atoms with E-state index in [1.807, 2.05) is 18.2 Å². The van der Waals surface area contributed by atoms with Crippen LogP contribution in [0.5, 0.6) is 0 Å². The van der Waals surface area contributed by atoms with Gasteiger partial charge in [0.25, 0.3) is 0 Å². The van der Waals surface area contributed by atoms with Crippen LogP contribution in [-0.4, -0.2) is 0 Å². The summed E-state index contributed by atoms with van der Waals surface area (Å²) in [5.74, 6) is 0.412. The van der Waals surface area contributed by atoms with Crippen molar-refractivity contribution < 1.29 is 0 Å². The molecule has 1 unspecified atom stereocenters. The molecule has 0 aliphatic rings. The Balaban J connectivity index is 3.80. The number of hydrogen-bond acceptors (Lipinski definition) is 0. The highest BCUT2D eigenvalue weighted by Crippen LogP contribution is 2.05. The summed E-state index contributed by atoms with van der Waals surface area (Å²) in [4.78, 5) is 0. The second-order valence-electron chi connectivity index (χ2n) is 2.04. The zero-order valence-electron chi connectivity index (χ0n) is 6.29. The molecule has 10 heavy (non-hydrogen) atoms. The lowest BCUT2D eigenvalue weighted by Gasteiger charge is -1.99. The van der Waals surface area contributed by atoms with Crippen LogP contribution in [0.2, 0.25) is 0 Å². The highest BCUT2D eigenvalue weighted by Gasteiger charge is 1.92. The summed E-state index contributed by atoms with van der Waals surface area (Å²) >= 11 is 0. The zero-order chi connectivity index (χ0) is 7.82. The van der Waals surface area contributed by atoms with E-state index in [9.17, 15) is 0 Å². The van der Waals surface area contributed by atoms with Crippen LogP contribution in [0.1, 0.15) is 6.42 Å². The van der Waals surface area contributed by atoms with E-state index in [4.69, 9.17) is 0 Å². The van der Waals surface area contributed by atoms with Crippen LogP contribution in [0.25, 0.3) is 0 Å². The molecule has 0 fully saturated rings. The molecule has 1 atom stereocenters. The molecule has 54 valence electrons. The Morgan fingerprint density at radius 2 is 1.90 bits per heavy atom. The third-order valence-electron chi connectivity index (χ3n) is 1.24. The molecule has 0 heteroatoms. The molecule has 0 aliphatic heterocycles. The number of rotatable bonds is 5. The molecule has 0 heterocycles. The molecule has 0 amide bonds. The average Bonchev–Trinajstić information content (AvgIpc) is 1.98. The molecule has 0 rings (SSSR count). The summed E-state index contributed by atoms with van der Waals surface area (Å²) in [6.07, 6.45) is 10.5. The third-order valence-corrected chi connectivity index (χ3v) is 1.24. The highest BCUT2D eigenvalue weighted by atomic mass is 14.0. The normalized spacial score (nSPS) is 12.8. The van der Waals surface area contributed by atoms with Crippen molar-refractivity contribution in [1.29, 1.82) is 0 Å². The molecule has 0 aromatic rings. The first kappa shape index (κ1) is 8.96. The minimum atomic E-state index is 0.412. The zero-order valence-corrected chi connectivity index (χ0v) is 6.29. The SMILES string of the molecule is C=C/C=C/C(C=C)CC=C. The summed E-state index contributed by atoms with van der Waals surface area (Å²) in [7, 11) is 0. The smallest absolute Gasteiger partial charge is 0.00186 e. The predicted octanol–water partition coefficient (Wildman–Crippen LogP) is 3.11. The lowest BCUT2D eigenvalue weighted by Crippen LogP contribution is -1.86. The number of allylic oxidation sites excluding steroid dienone is 5. The molecule has 0 aromatic heterocycles. The van der Waals surface area contributed by atoms with Gasteiger partial charge in [0.15, 0.2) is 0 Å². The van der Waals surface area contributed by atoms with E-state index >= 15 is 0 Å². The van der Waals surface area contributed by atoms with Gasteiger partial charge in [0.2, 0.25) is 0 Å². The van der Waals surface area contributed by atoms with Gasteiger partial charge >= 0.3 is 0 Å². The van der Waals surface area contributed by atoms with Crippen molar-refractivity contribution in [3.8, 4) is 0 Å². The Hall–Kier alpha value is -1.04. The van der Waals surface area contributed by atoms with E-state index in [0.717, 1.165) is 6.42 Å². The van der Waals surface area contributed by atoms with Crippen molar-refractivity contribution in [1.82, 2.24) is 0 Å². The van der Waals surface area contributed by atoms with E-state index in [1.54, 1.807) is 6.08 Å². The molecule has 0 saturated carbocycles. The van der Waals surface area contributed by atoms with Gasteiger partial charge in [0, 0.05) is 0 Å². The van der Waals surface area contributed by atoms with Gasteiger partial charge in [-0.15, -0.1) is 13.2 Å². The molecule has 0 bridgehead atoms. The van der Waals surface area contributed by atoms with Crippen LogP contribution in [0, 0.1) is 5.92 Å². The Labute approximate surface area is 63.3 Å². The van der Waals surface area contributed by atoms with Gasteiger partial charge in [-0.05, 0) is 12.3 Å². The standard InChI is InChI=1S/C10H14/c1-4-7-9-10(6-3)8-5-2/h4-7,9-10H,1-3,8H2/b9-7+. The van der Waals surface area contributed by atoms with Crippen molar-refractivity contribution in [2.24, 2.45) is 5.92 Å². The Bertz CT molecular complexity index is 140. The molecule has 0 saturated heterocycles. The fraction of sp³-hybridized carbons (Fsp3) is 0.200. The maximum absolute atomic E-state index is 3.70. The average molecular weight is 134 g/mol. The quantitative estimate of drug-likeness (QED) is 0.400. The molecule has 0 radical (unpaired) electrons. The molecule has 0 spiro atoms. The fourth-order valence-corrected chi connectivity index (χ4v) is 0.667. The van der Waals surface area contributed by atoms with Gasteiger partial charge in [0.05, 0.1) is 0 Å². The van der Waals surface area contributed by atoms with Crippen molar-refractivity contribution in [2.75, 3.05) is 0 Å². The van der Waals surface area contributed by atoms with Crippen LogP contribution in [0.4, 0.5) is 0 Å². The fourth-order valence-electron chi connectivity index (χ4n) is 0.667. The monoisotopic (exact) mass is 134 g/mol. The minimum absolute atomic E-state index is 0.412. The molecule has 0 N–H and O–H groups in total. The number of hydrogen-bond donors (Lipinski definition) is 0. The third kappa shape index (κ3) is 3.90. The maximum Gasteiger partial charge on any atom is -0.00186 e. The first-order valence-electron chi connectivity index (χ1n) is 3.37. The summed E-state index contributed by atoms with van der Waals surface area (Å²) in [5, 5.41) is 0. The van der Waals surface area contributed by atoms with Crippen LogP contribution in [0.3, 0.4) is 0 Å². The van der Waals surface area contributed by atoms with Crippen molar-refractivity contribution >= 4 is 0 Å². The highest BCUT2D eigenvalue weighted by molar-refractivity contribution is 5.05. The van der Waals surface area contributed by atoms with Gasteiger partial charge < -0.3 is 0 Å². The van der Waals surface area contributed by atoms with E-state index in [2.05, 4.69) is 25.8 Å². The van der Waals surface area contributed by atoms with E-state index < -0.39 is 0 Å². The maximum atomic E-state index is 3.70. The van der Waals surface area contributed by atoms with Gasteiger partial charge in [-0.1, -0.05) is 37.0 Å². The topological polar surface area (TPSA) is 0 Å². The Morgan fingerprint density at radius 1 is 1.20 bits per heavy atom. The summed E-state index contributed by atoms with van der Waals surface area (Å²) in [6, 6.07) is 0. The van der Waals surface area contributed by atoms with Crippen LogP contribution in [0.15, 0.2) is 50.1 Å². The lowest BCUT2D eigenvalue weighted by molar-refractivity contribution is 0.836. The van der Waals surface area contributed by atoms with E-state index in [-0.39, 0.29) is 0 Å². The van der Waals surface area contributed by atoms with E-state index in [0.29, 0.717) is 5.92 Å². The van der Waals surface area contributed by atoms with Crippen LogP contribution in [-0.2, 0) is 0 Å². The second-order valence-corrected chi connectivity index (χ2v) is 2.04. The molecular weight excluding hydrogens is 120 g/mol. The minimum Gasteiger partial charge on any atom is -0.103 e. The van der Waals surface area contributed by atoms with Gasteiger partial charge in [-0.2, -0.15) is 0 Å². The van der Waals surface area contributed by atoms with Gasteiger partial charge in [-0.25, -0.2) is 0 Å². The molecule has 0 aliphatic carbocycles. The van der Waals surface area contributed by atoms with Gasteiger partial charge in [-0.3, -0.25) is 0 Å². The van der Waals surface area contributed by atoms with Crippen molar-refractivity contribution in [3.63, 3.8) is 0 Å². The first-order valence-corrected chi connectivity index (χ1v) is 3.37. The lowest BCUT2D eigenvalue weighted by atomic mass is 10.1. The first-order chi connectivity index (χ1) is 4.85. The van der Waals surface area contributed by atoms with E-state index in [1.165, 1.54) is 0 Å². The molecular formula is C10H14. The van der Waals surface area contributed by atoms with Crippen molar-refractivity contribution in [2.45, 2.75) is 6.42 Å². The Morgan fingerprint density at radius 3 is 2.30 bits per heavy atom. The summed E-state index contributed by atoms with van der Waals surface area (Å²) in [5.41, 5.74) is 0. The largest absolute Gasteiger partial charge is 0.103 e. The second kappa shape index (κ2) is 6.09. The molecule has 0 nitrogen and oxygen atoms in total. The van der Waals surface area contributed by atoms with Crippen molar-refractivity contribution in [3.05, 3.63) is 50.1 Å². The molecule has 0 aromatic carbocycles. The summed E-state index contributed by atoms with van der Waals surface area (Å²) < 4.78 is 0. The summed E-state index contributed by atoms with van der Waals surface area (Å²) in [6.45, 7) is 10.9. The predicted molar refractivity (Wildman–Crippen MR) is 47.8 cm³/mol. The van der Waals surface area contributed by atoms with Crippen LogP contribution < -0.4 is 0 Å². The van der Waals surface area contributed by atoms with Gasteiger partial charge in [0.1, 0.15) is 0 Å². The Kier molecular flexibility index (Phi) is 5.45.